The fourth-order valence-electron chi connectivity index (χ4n) is 2.40. The summed E-state index contributed by atoms with van der Waals surface area (Å²) in [6, 6.07) is 0.931. The molecule has 0 heterocycles. The number of rotatable bonds is 4. The first-order valence-corrected chi connectivity index (χ1v) is 7.68. The Morgan fingerprint density at radius 3 is 2.67 bits per heavy atom. The second-order valence-corrected chi connectivity index (χ2v) is 6.02. The van der Waals surface area contributed by atoms with Crippen LogP contribution in [0.5, 0.6) is 0 Å². The maximum atomic E-state index is 13.7. The summed E-state index contributed by atoms with van der Waals surface area (Å²) in [4.78, 5) is 21.4. The molecule has 0 aliphatic heterocycles. The first kappa shape index (κ1) is 15.7. The second-order valence-electron chi connectivity index (χ2n) is 4.88. The molecule has 0 spiro atoms. The number of nitro benzene ring substituents is 1. The molecule has 1 saturated carbocycles. The molecule has 2 atom stereocenters. The molecule has 0 bridgehead atoms. The van der Waals surface area contributed by atoms with E-state index in [2.05, 4.69) is 5.32 Å². The summed E-state index contributed by atoms with van der Waals surface area (Å²) in [5.41, 5.74) is -1.49. The SMILES string of the molecule is CSC1CCC(NC(=O)c2cc(F)c([N+](=O)[O-])cc2F)C1. The minimum absolute atomic E-state index is 0.0763. The third kappa shape index (κ3) is 3.49. The lowest BCUT2D eigenvalue weighted by atomic mass is 10.1. The van der Waals surface area contributed by atoms with Gasteiger partial charge in [0.2, 0.25) is 5.82 Å². The fraction of sp³-hybridized carbons (Fsp3) is 0.462. The molecule has 21 heavy (non-hydrogen) atoms. The van der Waals surface area contributed by atoms with Crippen LogP contribution >= 0.6 is 11.8 Å². The number of nitro groups is 1. The van der Waals surface area contributed by atoms with E-state index in [0.717, 1.165) is 19.3 Å². The summed E-state index contributed by atoms with van der Waals surface area (Å²) in [5.74, 6) is -3.06. The van der Waals surface area contributed by atoms with Gasteiger partial charge in [-0.1, -0.05) is 0 Å². The Balaban J connectivity index is 2.13. The molecule has 1 aliphatic rings. The lowest BCUT2D eigenvalue weighted by Gasteiger charge is -2.13. The largest absolute Gasteiger partial charge is 0.349 e. The van der Waals surface area contributed by atoms with Crippen molar-refractivity contribution in [3.05, 3.63) is 39.4 Å². The average molecular weight is 316 g/mol. The standard InChI is InChI=1S/C13H14F2N2O3S/c1-21-8-3-2-7(4-8)16-13(18)9-5-11(15)12(17(19)20)6-10(9)14/h5-8H,2-4H2,1H3,(H,16,18). The van der Waals surface area contributed by atoms with Crippen LogP contribution in [0.4, 0.5) is 14.5 Å². The Hall–Kier alpha value is -1.70. The van der Waals surface area contributed by atoms with Gasteiger partial charge in [-0.15, -0.1) is 0 Å². The highest BCUT2D eigenvalue weighted by molar-refractivity contribution is 7.99. The van der Waals surface area contributed by atoms with Gasteiger partial charge in [-0.2, -0.15) is 16.2 Å². The summed E-state index contributed by atoms with van der Waals surface area (Å²) >= 11 is 1.71. The Bertz CT molecular complexity index is 583. The monoisotopic (exact) mass is 316 g/mol. The van der Waals surface area contributed by atoms with E-state index >= 15 is 0 Å². The number of hydrogen-bond donors (Lipinski definition) is 1. The average Bonchev–Trinajstić information content (AvgIpc) is 2.88. The molecule has 1 aliphatic carbocycles. The fourth-order valence-corrected chi connectivity index (χ4v) is 3.20. The molecule has 1 aromatic rings. The molecule has 1 fully saturated rings. The van der Waals surface area contributed by atoms with Crippen molar-refractivity contribution < 1.29 is 18.5 Å². The van der Waals surface area contributed by atoms with Crippen molar-refractivity contribution in [1.82, 2.24) is 5.32 Å². The van der Waals surface area contributed by atoms with Crippen molar-refractivity contribution >= 4 is 23.4 Å². The Morgan fingerprint density at radius 2 is 2.10 bits per heavy atom. The maximum Gasteiger partial charge on any atom is 0.307 e. The number of nitrogens with zero attached hydrogens (tertiary/aromatic N) is 1. The molecule has 1 amide bonds. The highest BCUT2D eigenvalue weighted by Crippen LogP contribution is 2.28. The summed E-state index contributed by atoms with van der Waals surface area (Å²) < 4.78 is 27.2. The van der Waals surface area contributed by atoms with Crippen molar-refractivity contribution in [3.63, 3.8) is 0 Å². The second kappa shape index (κ2) is 6.38. The Kier molecular flexibility index (Phi) is 4.76. The van der Waals surface area contributed by atoms with Crippen molar-refractivity contribution in [2.75, 3.05) is 6.26 Å². The van der Waals surface area contributed by atoms with Gasteiger partial charge in [0.05, 0.1) is 16.6 Å². The van der Waals surface area contributed by atoms with E-state index in [1.165, 1.54) is 0 Å². The molecule has 0 saturated heterocycles. The molecule has 0 aromatic heterocycles. The molecule has 1 aromatic carbocycles. The Morgan fingerprint density at radius 1 is 1.38 bits per heavy atom. The van der Waals surface area contributed by atoms with Gasteiger partial charge in [0.1, 0.15) is 5.82 Å². The van der Waals surface area contributed by atoms with Gasteiger partial charge >= 0.3 is 5.69 Å². The quantitative estimate of drug-likeness (QED) is 0.685. The van der Waals surface area contributed by atoms with E-state index in [9.17, 15) is 23.7 Å². The number of benzene rings is 1. The highest BCUT2D eigenvalue weighted by atomic mass is 32.2. The van der Waals surface area contributed by atoms with Crippen LogP contribution in [-0.2, 0) is 0 Å². The van der Waals surface area contributed by atoms with Crippen LogP contribution in [0.3, 0.4) is 0 Å². The number of nitrogens with one attached hydrogen (secondary N) is 1. The zero-order valence-electron chi connectivity index (χ0n) is 11.3. The first-order chi connectivity index (χ1) is 9.92. The van der Waals surface area contributed by atoms with Gasteiger partial charge < -0.3 is 5.32 Å². The third-order valence-corrected chi connectivity index (χ3v) is 4.63. The lowest BCUT2D eigenvalue weighted by molar-refractivity contribution is -0.387. The zero-order chi connectivity index (χ0) is 15.6. The van der Waals surface area contributed by atoms with Gasteiger partial charge in [0.25, 0.3) is 5.91 Å². The number of carbonyl (C=O) groups is 1. The van der Waals surface area contributed by atoms with E-state index in [4.69, 9.17) is 0 Å². The number of hydrogen-bond acceptors (Lipinski definition) is 4. The highest BCUT2D eigenvalue weighted by Gasteiger charge is 2.27. The molecule has 5 nitrogen and oxygen atoms in total. The zero-order valence-corrected chi connectivity index (χ0v) is 12.1. The van der Waals surface area contributed by atoms with Crippen molar-refractivity contribution in [1.29, 1.82) is 0 Å². The predicted molar refractivity (Wildman–Crippen MR) is 75.4 cm³/mol. The molecule has 2 rings (SSSR count). The lowest BCUT2D eigenvalue weighted by Crippen LogP contribution is -2.33. The van der Waals surface area contributed by atoms with Gasteiger partial charge in [0.15, 0.2) is 0 Å². The minimum atomic E-state index is -1.22. The normalized spacial score (nSPS) is 21.3. The van der Waals surface area contributed by atoms with Crippen LogP contribution < -0.4 is 5.32 Å². The topological polar surface area (TPSA) is 72.2 Å². The Labute approximate surface area is 124 Å². The van der Waals surface area contributed by atoms with Crippen molar-refractivity contribution in [2.24, 2.45) is 0 Å². The van der Waals surface area contributed by atoms with Crippen molar-refractivity contribution in [2.45, 2.75) is 30.6 Å². The molecular weight excluding hydrogens is 302 g/mol. The maximum absolute atomic E-state index is 13.7. The molecule has 1 N–H and O–H groups in total. The molecule has 2 unspecified atom stereocenters. The number of amides is 1. The number of halogens is 2. The van der Waals surface area contributed by atoms with E-state index in [1.54, 1.807) is 11.8 Å². The van der Waals surface area contributed by atoms with E-state index < -0.39 is 33.7 Å². The third-order valence-electron chi connectivity index (χ3n) is 3.53. The van der Waals surface area contributed by atoms with E-state index in [-0.39, 0.29) is 6.04 Å². The van der Waals surface area contributed by atoms with Gasteiger partial charge in [-0.05, 0) is 31.6 Å². The summed E-state index contributed by atoms with van der Waals surface area (Å²) in [6.45, 7) is 0. The summed E-state index contributed by atoms with van der Waals surface area (Å²) in [7, 11) is 0. The summed E-state index contributed by atoms with van der Waals surface area (Å²) in [5, 5.41) is 13.6. The van der Waals surface area contributed by atoms with Crippen LogP contribution in [0.15, 0.2) is 12.1 Å². The van der Waals surface area contributed by atoms with Gasteiger partial charge in [-0.25, -0.2) is 4.39 Å². The summed E-state index contributed by atoms with van der Waals surface area (Å²) in [6.07, 6.45) is 4.52. The molecule has 8 heteroatoms. The first-order valence-electron chi connectivity index (χ1n) is 6.39. The molecule has 0 radical (unpaired) electrons. The smallest absolute Gasteiger partial charge is 0.307 e. The van der Waals surface area contributed by atoms with Crippen LogP contribution in [0.25, 0.3) is 0 Å². The van der Waals surface area contributed by atoms with E-state index in [1.807, 2.05) is 6.26 Å². The van der Waals surface area contributed by atoms with Crippen LogP contribution in [0.2, 0.25) is 0 Å². The van der Waals surface area contributed by atoms with E-state index in [0.29, 0.717) is 17.4 Å². The number of carbonyl (C=O) groups excluding carboxylic acids is 1. The van der Waals surface area contributed by atoms with Crippen LogP contribution in [0, 0.1) is 21.7 Å². The number of thioether (sulfide) groups is 1. The minimum Gasteiger partial charge on any atom is -0.349 e. The van der Waals surface area contributed by atoms with Crippen LogP contribution in [0.1, 0.15) is 29.6 Å². The molecular formula is C13H14F2N2O3S. The van der Waals surface area contributed by atoms with Crippen LogP contribution in [-0.4, -0.2) is 28.4 Å². The van der Waals surface area contributed by atoms with Gasteiger partial charge in [-0.3, -0.25) is 14.9 Å². The van der Waals surface area contributed by atoms with Gasteiger partial charge in [0, 0.05) is 11.3 Å². The molecule has 114 valence electrons. The predicted octanol–water partition coefficient (Wildman–Crippen LogP) is 2.89. The van der Waals surface area contributed by atoms with Crippen molar-refractivity contribution in [3.8, 4) is 0 Å².